The summed E-state index contributed by atoms with van der Waals surface area (Å²) in [5.41, 5.74) is 4.46. The zero-order valence-corrected chi connectivity index (χ0v) is 19.4. The maximum atomic E-state index is 15.0. The number of fused-ring (bicyclic) bond motifs is 1. The molecule has 2 aliphatic rings. The average molecular weight is 479 g/mol. The second kappa shape index (κ2) is 10.5. The Morgan fingerprint density at radius 1 is 0.912 bits per heavy atom. The van der Waals surface area contributed by atoms with E-state index in [-0.39, 0.29) is 11.7 Å². The first kappa shape index (κ1) is 24.7. The molecule has 2 unspecified atom stereocenters. The summed E-state index contributed by atoms with van der Waals surface area (Å²) in [6, 6.07) is 11.9. The second-order valence-electron chi connectivity index (χ2n) is 9.60. The highest BCUT2D eigenvalue weighted by Crippen LogP contribution is 2.42. The van der Waals surface area contributed by atoms with Crippen LogP contribution in [0.25, 0.3) is 5.57 Å². The van der Waals surface area contributed by atoms with Crippen LogP contribution in [0.4, 0.5) is 22.0 Å². The zero-order chi connectivity index (χ0) is 24.3. The predicted octanol–water partition coefficient (Wildman–Crippen LogP) is 8.52. The lowest BCUT2D eigenvalue weighted by molar-refractivity contribution is -0.274. The van der Waals surface area contributed by atoms with Crippen molar-refractivity contribution in [2.45, 2.75) is 82.9 Å². The van der Waals surface area contributed by atoms with E-state index in [1.54, 1.807) is 6.07 Å². The molecule has 2 aromatic rings. The van der Waals surface area contributed by atoms with Gasteiger partial charge in [0.05, 0.1) is 0 Å². The van der Waals surface area contributed by atoms with E-state index < -0.39 is 24.6 Å². The summed E-state index contributed by atoms with van der Waals surface area (Å²) in [7, 11) is 0. The fraction of sp³-hybridized carbons (Fsp3) is 0.500. The van der Waals surface area contributed by atoms with Gasteiger partial charge in [0.25, 0.3) is 0 Å². The van der Waals surface area contributed by atoms with E-state index in [0.717, 1.165) is 47.9 Å². The van der Waals surface area contributed by atoms with Crippen LogP contribution >= 0.6 is 0 Å². The molecule has 1 nitrogen and oxygen atoms in total. The molecule has 1 fully saturated rings. The van der Waals surface area contributed by atoms with Crippen molar-refractivity contribution in [2.75, 3.05) is 0 Å². The molecule has 0 amide bonds. The number of unbranched alkanes of at least 4 members (excludes halogenated alkanes) is 2. The lowest BCUT2D eigenvalue weighted by atomic mass is 9.74. The molecular formula is C28H31F5O. The highest BCUT2D eigenvalue weighted by molar-refractivity contribution is 5.71. The summed E-state index contributed by atoms with van der Waals surface area (Å²) in [5.74, 6) is -0.805. The topological polar surface area (TPSA) is 9.23 Å². The number of alkyl halides is 5. The molecule has 4 rings (SSSR count). The van der Waals surface area contributed by atoms with Crippen LogP contribution < -0.4 is 4.74 Å². The van der Waals surface area contributed by atoms with Crippen LogP contribution in [0.2, 0.25) is 0 Å². The number of benzene rings is 2. The molecule has 34 heavy (non-hydrogen) atoms. The van der Waals surface area contributed by atoms with E-state index in [4.69, 9.17) is 0 Å². The van der Waals surface area contributed by atoms with Crippen molar-refractivity contribution >= 4 is 5.57 Å². The van der Waals surface area contributed by atoms with Crippen molar-refractivity contribution in [3.63, 3.8) is 0 Å². The van der Waals surface area contributed by atoms with E-state index in [9.17, 15) is 22.0 Å². The zero-order valence-electron chi connectivity index (χ0n) is 19.4. The standard InChI is InChI=1S/C28H31F5O/c1-2-3-4-5-18-14-25(29)27(26(30)15-18)20-8-6-19(7-9-20)21-10-11-23-17-24(34-28(31,32)33)13-12-22(23)16-21/h6-10,12-13,17-18,25-27H,2-5,11,14-16H2,1H3. The van der Waals surface area contributed by atoms with Crippen LogP contribution in [0.5, 0.6) is 5.75 Å². The smallest absolute Gasteiger partial charge is 0.406 e. The van der Waals surface area contributed by atoms with Gasteiger partial charge in [0, 0.05) is 5.92 Å². The van der Waals surface area contributed by atoms with Crippen molar-refractivity contribution in [1.29, 1.82) is 0 Å². The number of hydrogen-bond donors (Lipinski definition) is 0. The van der Waals surface area contributed by atoms with Gasteiger partial charge in [0.2, 0.25) is 0 Å². The predicted molar refractivity (Wildman–Crippen MR) is 124 cm³/mol. The van der Waals surface area contributed by atoms with E-state index in [0.29, 0.717) is 31.2 Å². The van der Waals surface area contributed by atoms with E-state index >= 15 is 0 Å². The molecule has 6 heteroatoms. The fourth-order valence-corrected chi connectivity index (χ4v) is 5.40. The Balaban J connectivity index is 1.41. The van der Waals surface area contributed by atoms with E-state index in [2.05, 4.69) is 11.7 Å². The Labute approximate surface area is 198 Å². The minimum Gasteiger partial charge on any atom is -0.406 e. The van der Waals surface area contributed by atoms with Gasteiger partial charge in [-0.15, -0.1) is 13.2 Å². The Hall–Kier alpha value is -2.37. The van der Waals surface area contributed by atoms with Gasteiger partial charge in [-0.25, -0.2) is 8.78 Å². The Morgan fingerprint density at radius 3 is 2.26 bits per heavy atom. The molecule has 0 aliphatic heterocycles. The normalized spacial score (nSPS) is 24.9. The van der Waals surface area contributed by atoms with Crippen molar-refractivity contribution in [2.24, 2.45) is 5.92 Å². The van der Waals surface area contributed by atoms with E-state index in [1.807, 2.05) is 30.3 Å². The van der Waals surface area contributed by atoms with Crippen LogP contribution in [0.1, 0.15) is 73.6 Å². The molecule has 1 saturated carbocycles. The molecular weight excluding hydrogens is 447 g/mol. The quantitative estimate of drug-likeness (QED) is 0.286. The van der Waals surface area contributed by atoms with Gasteiger partial charge < -0.3 is 4.74 Å². The molecule has 2 aromatic carbocycles. The number of halogens is 5. The fourth-order valence-electron chi connectivity index (χ4n) is 5.40. The number of hydrogen-bond acceptors (Lipinski definition) is 1. The molecule has 0 saturated heterocycles. The number of rotatable bonds is 7. The van der Waals surface area contributed by atoms with Gasteiger partial charge in [0.1, 0.15) is 18.1 Å². The minimum atomic E-state index is -4.71. The third-order valence-corrected chi connectivity index (χ3v) is 7.14. The van der Waals surface area contributed by atoms with Gasteiger partial charge in [-0.2, -0.15) is 0 Å². The van der Waals surface area contributed by atoms with Crippen molar-refractivity contribution in [3.8, 4) is 5.75 Å². The molecule has 0 aromatic heterocycles. The van der Waals surface area contributed by atoms with Gasteiger partial charge in [-0.3, -0.25) is 0 Å². The first-order valence-corrected chi connectivity index (χ1v) is 12.2. The third kappa shape index (κ3) is 6.00. The maximum Gasteiger partial charge on any atom is 0.573 e. The lowest BCUT2D eigenvalue weighted by Gasteiger charge is -2.35. The van der Waals surface area contributed by atoms with Crippen LogP contribution in [-0.4, -0.2) is 18.7 Å². The highest BCUT2D eigenvalue weighted by atomic mass is 19.4. The Morgan fingerprint density at radius 2 is 1.62 bits per heavy atom. The van der Waals surface area contributed by atoms with Crippen LogP contribution in [0, 0.1) is 5.92 Å². The monoisotopic (exact) mass is 478 g/mol. The first-order chi connectivity index (χ1) is 16.2. The summed E-state index contributed by atoms with van der Waals surface area (Å²) in [4.78, 5) is 0. The minimum absolute atomic E-state index is 0.126. The average Bonchev–Trinajstić information content (AvgIpc) is 2.78. The van der Waals surface area contributed by atoms with Crippen LogP contribution in [0.15, 0.2) is 48.5 Å². The second-order valence-corrected chi connectivity index (χ2v) is 9.60. The van der Waals surface area contributed by atoms with Crippen molar-refractivity contribution in [3.05, 3.63) is 70.8 Å². The van der Waals surface area contributed by atoms with Crippen molar-refractivity contribution in [1.82, 2.24) is 0 Å². The van der Waals surface area contributed by atoms with Gasteiger partial charge >= 0.3 is 6.36 Å². The first-order valence-electron chi connectivity index (χ1n) is 12.2. The molecule has 0 spiro atoms. The number of ether oxygens (including phenoxy) is 1. The molecule has 0 N–H and O–H groups in total. The molecule has 0 bridgehead atoms. The van der Waals surface area contributed by atoms with Crippen molar-refractivity contribution < 1.29 is 26.7 Å². The third-order valence-electron chi connectivity index (χ3n) is 7.14. The summed E-state index contributed by atoms with van der Waals surface area (Å²) in [6.07, 6.45) is 1.04. The lowest BCUT2D eigenvalue weighted by Crippen LogP contribution is -2.33. The van der Waals surface area contributed by atoms with E-state index in [1.165, 1.54) is 12.1 Å². The number of allylic oxidation sites excluding steroid dienone is 2. The molecule has 0 radical (unpaired) electrons. The molecule has 0 heterocycles. The van der Waals surface area contributed by atoms with Crippen LogP contribution in [0.3, 0.4) is 0 Å². The molecule has 2 atom stereocenters. The van der Waals surface area contributed by atoms with Crippen LogP contribution in [-0.2, 0) is 12.8 Å². The summed E-state index contributed by atoms with van der Waals surface area (Å²) in [5, 5.41) is 0. The maximum absolute atomic E-state index is 15.0. The largest absolute Gasteiger partial charge is 0.573 e. The SMILES string of the molecule is CCCCCC1CC(F)C(c2ccc(C3=CCc4cc(OC(F)(F)F)ccc4C3)cc2)C(F)C1. The Kier molecular flexibility index (Phi) is 7.63. The van der Waals surface area contributed by atoms with Gasteiger partial charge in [-0.05, 0) is 71.6 Å². The molecule has 2 aliphatic carbocycles. The molecule has 184 valence electrons. The Bertz CT molecular complexity index is 983. The van der Waals surface area contributed by atoms with Gasteiger partial charge in [0.15, 0.2) is 0 Å². The highest BCUT2D eigenvalue weighted by Gasteiger charge is 2.39. The summed E-state index contributed by atoms with van der Waals surface area (Å²) < 4.78 is 71.4. The van der Waals surface area contributed by atoms with Gasteiger partial charge in [-0.1, -0.05) is 69.0 Å². The summed E-state index contributed by atoms with van der Waals surface area (Å²) in [6.45, 7) is 2.13. The summed E-state index contributed by atoms with van der Waals surface area (Å²) >= 11 is 0.